The Morgan fingerprint density at radius 1 is 0.569 bits per heavy atom. The molecule has 2 rings (SSSR count). The molecule has 30 nitrogen and oxygen atoms in total. The van der Waals surface area contributed by atoms with Gasteiger partial charge in [-0.1, -0.05) is 48.5 Å². The summed E-state index contributed by atoms with van der Waals surface area (Å²) in [6, 6.07) is 13.3. The molecule has 65 heavy (non-hydrogen) atoms. The Kier molecular flexibility index (Phi) is 20.0. The van der Waals surface area contributed by atoms with Crippen molar-refractivity contribution < 1.29 is 38.7 Å². The van der Waals surface area contributed by atoms with Crippen molar-refractivity contribution in [2.75, 3.05) is 19.0 Å². The molecule has 2 aromatic carbocycles. The SMILES string of the molecule is CN(C)c1ccc(/C=C\C=N\C(O)C(=O)NC(C(=O)NC(NC(=N)N)C(=O)NC(NC(=N)N)C(=O)NC(NC(=N)N)C(=O)NC(NC(=N)N)C(=O)NC(N)C(N)=O)c2ccccc2)cc1. The van der Waals surface area contributed by atoms with E-state index in [-0.39, 0.29) is 5.56 Å². The number of nitrogens with zero attached hydrogens (tertiary/aromatic N) is 2. The largest absolute Gasteiger partial charge is 0.378 e. The van der Waals surface area contributed by atoms with Crippen molar-refractivity contribution in [3.8, 4) is 0 Å². The summed E-state index contributed by atoms with van der Waals surface area (Å²) in [6.45, 7) is 0. The first-order valence-corrected chi connectivity index (χ1v) is 18.5. The lowest BCUT2D eigenvalue weighted by Gasteiger charge is -2.28. The number of nitrogens with two attached hydrogens (primary N) is 6. The normalized spacial score (nSPS) is 14.0. The monoisotopic (exact) mass is 908 g/mol. The molecule has 0 saturated heterocycles. The number of carbonyl (C=O) groups is 7. The maximum Gasteiger partial charge on any atom is 0.272 e. The van der Waals surface area contributed by atoms with Crippen LogP contribution in [0.4, 0.5) is 5.69 Å². The molecule has 2 aromatic rings. The van der Waals surface area contributed by atoms with E-state index in [0.29, 0.717) is 0 Å². The van der Waals surface area contributed by atoms with Crippen LogP contribution >= 0.6 is 0 Å². The van der Waals surface area contributed by atoms with E-state index >= 15 is 0 Å². The first-order chi connectivity index (χ1) is 30.5. The lowest BCUT2D eigenvalue weighted by molar-refractivity contribution is -0.136. The number of allylic oxidation sites excluding steroid dienone is 1. The smallest absolute Gasteiger partial charge is 0.272 e. The minimum absolute atomic E-state index is 0.143. The number of nitrogens with one attached hydrogen (secondary N) is 14. The zero-order valence-corrected chi connectivity index (χ0v) is 34.6. The van der Waals surface area contributed by atoms with Gasteiger partial charge < -0.3 is 97.6 Å². The first kappa shape index (κ1) is 52.1. The van der Waals surface area contributed by atoms with Crippen LogP contribution in [0.25, 0.3) is 6.08 Å². The Hall–Kier alpha value is -9.06. The second-order valence-corrected chi connectivity index (χ2v) is 13.3. The molecule has 0 bridgehead atoms. The molecule has 0 aromatic heterocycles. The molecule has 7 amide bonds. The molecule has 0 aliphatic heterocycles. The summed E-state index contributed by atoms with van der Waals surface area (Å²) >= 11 is 0. The highest BCUT2D eigenvalue weighted by Gasteiger charge is 2.34. The van der Waals surface area contributed by atoms with Crippen LogP contribution in [0.5, 0.6) is 0 Å². The Labute approximate surface area is 369 Å². The number of primary amides is 1. The highest BCUT2D eigenvalue weighted by Crippen LogP contribution is 2.15. The molecule has 0 fully saturated rings. The van der Waals surface area contributed by atoms with E-state index in [9.17, 15) is 38.7 Å². The molecular formula is C35H52N22O8. The van der Waals surface area contributed by atoms with E-state index in [2.05, 4.69) is 31.6 Å². The van der Waals surface area contributed by atoms with E-state index in [0.717, 1.165) is 17.5 Å². The molecule has 0 heterocycles. The van der Waals surface area contributed by atoms with E-state index < -0.39 is 108 Å². The van der Waals surface area contributed by atoms with Gasteiger partial charge in [-0.25, -0.2) is 0 Å². The van der Waals surface area contributed by atoms with Crippen LogP contribution < -0.4 is 92.5 Å². The van der Waals surface area contributed by atoms with Gasteiger partial charge >= 0.3 is 0 Å². The van der Waals surface area contributed by atoms with Crippen molar-refractivity contribution >= 4 is 83.2 Å². The third-order valence-corrected chi connectivity index (χ3v) is 7.93. The summed E-state index contributed by atoms with van der Waals surface area (Å²) in [7, 11) is 3.78. The van der Waals surface area contributed by atoms with Gasteiger partial charge in [0.2, 0.25) is 12.1 Å². The standard InChI is InChI=1S/C35H52N22O8/c1-57(2)17-12-10-15(11-13-17)7-6-14-46-30(64)31(65)47-18(16-8-4-3-5-9-16)25(59)49-22(54-33(40)41)27(61)51-24(56-35(44)45)29(63)52-23(55-34(42)43)28(62)50-21(53-32(38)39)26(60)48-19(36)20(37)58/h3-14,18-19,21-24,30,64H,36H2,1-2H3,(H2,37,58)(H,47,65)(H,48,60)(H,49,59)(H,50,62)(H,51,61)(H,52,63)(H4,38,39,53)(H4,40,41,54)(H4,42,43,55)(H4,44,45,56)/b7-6-,46-14+. The number of amides is 7. The summed E-state index contributed by atoms with van der Waals surface area (Å²) in [6.07, 6.45) is -7.70. The maximum absolute atomic E-state index is 13.8. The molecule has 0 aliphatic rings. The topological polar surface area (TPSA) is 527 Å². The van der Waals surface area contributed by atoms with Gasteiger partial charge in [0.1, 0.15) is 6.04 Å². The fourth-order valence-electron chi connectivity index (χ4n) is 4.90. The van der Waals surface area contributed by atoms with E-state index in [1.807, 2.05) is 69.8 Å². The molecule has 7 atom stereocenters. The molecule has 30 heteroatoms. The number of aliphatic imine (C=N–C) groups is 1. The van der Waals surface area contributed by atoms with Crippen LogP contribution in [-0.2, 0) is 33.6 Å². The number of carbonyl (C=O) groups excluding carboxylic acids is 7. The number of aliphatic hydroxyl groups excluding tert-OH is 1. The third kappa shape index (κ3) is 18.2. The molecule has 0 aliphatic carbocycles. The minimum atomic E-state index is -2.12. The average Bonchev–Trinajstić information content (AvgIpc) is 3.22. The molecule has 0 radical (unpaired) electrons. The number of hydrogen-bond acceptors (Lipinski definition) is 15. The van der Waals surface area contributed by atoms with E-state index in [4.69, 9.17) is 56.0 Å². The molecule has 0 saturated carbocycles. The maximum atomic E-state index is 13.8. The van der Waals surface area contributed by atoms with Gasteiger partial charge in [0.25, 0.3) is 35.4 Å². The highest BCUT2D eigenvalue weighted by atomic mass is 16.3. The van der Waals surface area contributed by atoms with Gasteiger partial charge in [-0.15, -0.1) is 0 Å². The second kappa shape index (κ2) is 25.0. The molecule has 7 unspecified atom stereocenters. The second-order valence-electron chi connectivity index (χ2n) is 13.3. The van der Waals surface area contributed by atoms with Crippen molar-refractivity contribution in [1.82, 2.24) is 53.2 Å². The van der Waals surface area contributed by atoms with Gasteiger partial charge in [0.15, 0.2) is 54.7 Å². The van der Waals surface area contributed by atoms with Crippen molar-refractivity contribution in [3.63, 3.8) is 0 Å². The van der Waals surface area contributed by atoms with Crippen LogP contribution in [0.2, 0.25) is 0 Å². The predicted molar refractivity (Wildman–Crippen MR) is 235 cm³/mol. The van der Waals surface area contributed by atoms with Gasteiger partial charge in [-0.3, -0.25) is 60.2 Å². The summed E-state index contributed by atoms with van der Waals surface area (Å²) < 4.78 is 0. The summed E-state index contributed by atoms with van der Waals surface area (Å²) in [5.41, 5.74) is 33.9. The van der Waals surface area contributed by atoms with Crippen molar-refractivity contribution in [2.24, 2.45) is 39.4 Å². The lowest BCUT2D eigenvalue weighted by Crippen LogP contribution is -2.69. The van der Waals surface area contributed by atoms with Crippen LogP contribution in [0.1, 0.15) is 17.2 Å². The molecule has 0 spiro atoms. The molecular weight excluding hydrogens is 857 g/mol. The quantitative estimate of drug-likeness (QED) is 0.0296. The van der Waals surface area contributed by atoms with Crippen LogP contribution in [0.15, 0.2) is 65.7 Å². The summed E-state index contributed by atoms with van der Waals surface area (Å²) in [5, 5.41) is 61.8. The van der Waals surface area contributed by atoms with Gasteiger partial charge in [-0.2, -0.15) is 0 Å². The van der Waals surface area contributed by atoms with Crippen LogP contribution in [-0.4, -0.2) is 128 Å². The Morgan fingerprint density at radius 2 is 0.969 bits per heavy atom. The van der Waals surface area contributed by atoms with Gasteiger partial charge in [0, 0.05) is 26.0 Å². The molecule has 350 valence electrons. The molecule has 27 N–H and O–H groups in total. The first-order valence-electron chi connectivity index (χ1n) is 18.5. The van der Waals surface area contributed by atoms with E-state index in [1.165, 1.54) is 30.3 Å². The number of anilines is 1. The summed E-state index contributed by atoms with van der Waals surface area (Å²) in [4.78, 5) is 97.0. The zero-order valence-electron chi connectivity index (χ0n) is 34.6. The number of rotatable bonds is 22. The Bertz CT molecular complexity index is 2150. The number of guanidine groups is 4. The number of hydrogen-bond donors (Lipinski definition) is 21. The Balaban J connectivity index is 2.33. The van der Waals surface area contributed by atoms with E-state index in [1.54, 1.807) is 12.1 Å². The predicted octanol–water partition coefficient (Wildman–Crippen LogP) is -8.40. The number of aliphatic hydroxyl groups is 1. The van der Waals surface area contributed by atoms with Crippen LogP contribution in [0, 0.1) is 21.6 Å². The number of benzene rings is 2. The zero-order chi connectivity index (χ0) is 49.0. The average molecular weight is 909 g/mol. The highest BCUT2D eigenvalue weighted by molar-refractivity contribution is 6.00. The Morgan fingerprint density at radius 3 is 1.35 bits per heavy atom. The fourth-order valence-corrected chi connectivity index (χ4v) is 4.90. The van der Waals surface area contributed by atoms with Crippen molar-refractivity contribution in [3.05, 3.63) is 71.8 Å². The van der Waals surface area contributed by atoms with Gasteiger partial charge in [-0.05, 0) is 29.3 Å². The van der Waals surface area contributed by atoms with Crippen LogP contribution in [0.3, 0.4) is 0 Å². The lowest BCUT2D eigenvalue weighted by atomic mass is 10.1. The van der Waals surface area contributed by atoms with Crippen molar-refractivity contribution in [2.45, 2.75) is 43.1 Å². The van der Waals surface area contributed by atoms with Gasteiger partial charge in [0.05, 0.1) is 0 Å². The minimum Gasteiger partial charge on any atom is -0.378 e. The fraction of sp³-hybridized carbons (Fsp3) is 0.257. The van der Waals surface area contributed by atoms with Crippen molar-refractivity contribution in [1.29, 1.82) is 21.6 Å². The summed E-state index contributed by atoms with van der Waals surface area (Å²) in [5.74, 6) is -12.5. The third-order valence-electron chi connectivity index (χ3n) is 7.93.